The van der Waals surface area contributed by atoms with E-state index in [0.717, 1.165) is 18.4 Å². The standard InChI is InChI=1S/C23H21ClN6O3/c1-14-19(20(28-33-14)17-6-2-3-7-18(17)24)22(31)26-11-12-29-23(32)30(16-8-9-16)21(27-29)15-5-4-10-25-13-15/h2-7,10,13,16H,8-9,11-12H2,1H3,(H,26,31). The molecule has 3 aromatic heterocycles. The van der Waals surface area contributed by atoms with Gasteiger partial charge >= 0.3 is 5.69 Å². The minimum absolute atomic E-state index is 0.161. The second kappa shape index (κ2) is 8.67. The summed E-state index contributed by atoms with van der Waals surface area (Å²) in [6, 6.07) is 11.0. The number of aromatic nitrogens is 5. The third-order valence-electron chi connectivity index (χ3n) is 5.53. The number of hydrogen-bond donors (Lipinski definition) is 1. The number of nitrogens with zero attached hydrogens (tertiary/aromatic N) is 5. The lowest BCUT2D eigenvalue weighted by Gasteiger charge is -2.06. The molecule has 5 rings (SSSR count). The number of benzene rings is 1. The lowest BCUT2D eigenvalue weighted by Crippen LogP contribution is -2.32. The van der Waals surface area contributed by atoms with Crippen LogP contribution in [-0.2, 0) is 6.54 Å². The molecular formula is C23H21ClN6O3. The summed E-state index contributed by atoms with van der Waals surface area (Å²) in [5.74, 6) is 0.625. The quantitative estimate of drug-likeness (QED) is 0.448. The highest BCUT2D eigenvalue weighted by molar-refractivity contribution is 6.33. The third kappa shape index (κ3) is 4.07. The van der Waals surface area contributed by atoms with E-state index in [2.05, 4.69) is 20.6 Å². The van der Waals surface area contributed by atoms with E-state index in [0.29, 0.717) is 33.4 Å². The van der Waals surface area contributed by atoms with Gasteiger partial charge in [-0.05, 0) is 38.0 Å². The van der Waals surface area contributed by atoms with Crippen LogP contribution in [0.15, 0.2) is 58.1 Å². The van der Waals surface area contributed by atoms with Gasteiger partial charge in [-0.1, -0.05) is 35.0 Å². The summed E-state index contributed by atoms with van der Waals surface area (Å²) >= 11 is 6.28. The monoisotopic (exact) mass is 464 g/mol. The van der Waals surface area contributed by atoms with Crippen LogP contribution in [0.1, 0.15) is 35.0 Å². The van der Waals surface area contributed by atoms with E-state index >= 15 is 0 Å². The molecule has 0 atom stereocenters. The van der Waals surface area contributed by atoms with Crippen molar-refractivity contribution in [1.29, 1.82) is 0 Å². The van der Waals surface area contributed by atoms with E-state index in [4.69, 9.17) is 16.1 Å². The lowest BCUT2D eigenvalue weighted by atomic mass is 10.1. The van der Waals surface area contributed by atoms with Gasteiger partial charge in [-0.25, -0.2) is 9.48 Å². The Morgan fingerprint density at radius 1 is 1.24 bits per heavy atom. The molecule has 10 heteroatoms. The van der Waals surface area contributed by atoms with Crippen molar-refractivity contribution in [3.63, 3.8) is 0 Å². The van der Waals surface area contributed by atoms with Crippen LogP contribution in [0.3, 0.4) is 0 Å². The fraction of sp³-hybridized carbons (Fsp3) is 0.261. The topological polar surface area (TPSA) is 108 Å². The van der Waals surface area contributed by atoms with Crippen molar-refractivity contribution in [2.45, 2.75) is 32.4 Å². The highest BCUT2D eigenvalue weighted by atomic mass is 35.5. The molecule has 0 saturated heterocycles. The first kappa shape index (κ1) is 21.1. The van der Waals surface area contributed by atoms with Gasteiger partial charge < -0.3 is 9.84 Å². The molecule has 9 nitrogen and oxygen atoms in total. The summed E-state index contributed by atoms with van der Waals surface area (Å²) in [5.41, 5.74) is 1.90. The molecule has 4 aromatic rings. The van der Waals surface area contributed by atoms with Gasteiger partial charge in [-0.3, -0.25) is 14.3 Å². The number of carbonyl (C=O) groups is 1. The van der Waals surface area contributed by atoms with Crippen LogP contribution in [0.25, 0.3) is 22.6 Å². The molecule has 0 bridgehead atoms. The molecule has 0 unspecified atom stereocenters. The molecule has 1 fully saturated rings. The second-order valence-corrected chi connectivity index (χ2v) is 8.28. The molecule has 1 aliphatic carbocycles. The highest BCUT2D eigenvalue weighted by Crippen LogP contribution is 2.36. The smallest absolute Gasteiger partial charge is 0.346 e. The molecule has 1 amide bonds. The van der Waals surface area contributed by atoms with Gasteiger partial charge in [-0.15, -0.1) is 5.10 Å². The SMILES string of the molecule is Cc1onc(-c2ccccc2Cl)c1C(=O)NCCn1nc(-c2cccnc2)n(C2CC2)c1=O. The Morgan fingerprint density at radius 2 is 2.06 bits per heavy atom. The summed E-state index contributed by atoms with van der Waals surface area (Å²) in [4.78, 5) is 30.1. The maximum absolute atomic E-state index is 13.0. The van der Waals surface area contributed by atoms with Gasteiger partial charge in [0, 0.05) is 36.1 Å². The van der Waals surface area contributed by atoms with Crippen molar-refractivity contribution in [2.24, 2.45) is 0 Å². The fourth-order valence-corrected chi connectivity index (χ4v) is 3.99. The predicted octanol–water partition coefficient (Wildman–Crippen LogP) is 3.49. The molecule has 0 radical (unpaired) electrons. The number of aryl methyl sites for hydroxylation is 1. The molecular weight excluding hydrogens is 444 g/mol. The van der Waals surface area contributed by atoms with Crippen LogP contribution in [0.4, 0.5) is 0 Å². The zero-order valence-corrected chi connectivity index (χ0v) is 18.6. The normalized spacial score (nSPS) is 13.3. The van der Waals surface area contributed by atoms with Crippen molar-refractivity contribution in [3.05, 3.63) is 75.6 Å². The number of halogens is 1. The van der Waals surface area contributed by atoms with Crippen LogP contribution in [0, 0.1) is 6.92 Å². The summed E-state index contributed by atoms with van der Waals surface area (Å²) in [6.07, 6.45) is 5.28. The second-order valence-electron chi connectivity index (χ2n) is 7.87. The first-order valence-corrected chi connectivity index (χ1v) is 11.0. The number of carbonyl (C=O) groups excluding carboxylic acids is 1. The van der Waals surface area contributed by atoms with Crippen LogP contribution < -0.4 is 11.0 Å². The minimum Gasteiger partial charge on any atom is -0.360 e. The maximum Gasteiger partial charge on any atom is 0.346 e. The Bertz CT molecular complexity index is 1370. The van der Waals surface area contributed by atoms with Gasteiger partial charge in [0.2, 0.25) is 0 Å². The number of pyridine rings is 1. The Kier molecular flexibility index (Phi) is 5.55. The molecule has 1 N–H and O–H groups in total. The minimum atomic E-state index is -0.356. The number of nitrogens with one attached hydrogen (secondary N) is 1. The van der Waals surface area contributed by atoms with E-state index in [9.17, 15) is 9.59 Å². The molecule has 168 valence electrons. The van der Waals surface area contributed by atoms with Gasteiger partial charge in [0.15, 0.2) is 5.82 Å². The Labute approximate surface area is 194 Å². The average Bonchev–Trinajstić information content (AvgIpc) is 3.51. The maximum atomic E-state index is 13.0. The zero-order valence-electron chi connectivity index (χ0n) is 17.9. The number of rotatable bonds is 7. The van der Waals surface area contributed by atoms with Gasteiger partial charge in [0.05, 0.1) is 11.6 Å². The lowest BCUT2D eigenvalue weighted by molar-refractivity contribution is 0.0951. The predicted molar refractivity (Wildman–Crippen MR) is 122 cm³/mol. The molecule has 1 aromatic carbocycles. The zero-order chi connectivity index (χ0) is 22.9. The third-order valence-corrected chi connectivity index (χ3v) is 5.86. The van der Waals surface area contributed by atoms with E-state index in [1.807, 2.05) is 18.2 Å². The van der Waals surface area contributed by atoms with Crippen molar-refractivity contribution in [1.82, 2.24) is 29.8 Å². The molecule has 0 aliphatic heterocycles. The number of hydrogen-bond acceptors (Lipinski definition) is 6. The van der Waals surface area contributed by atoms with E-state index in [-0.39, 0.29) is 30.7 Å². The van der Waals surface area contributed by atoms with Crippen molar-refractivity contribution >= 4 is 17.5 Å². The first-order valence-electron chi connectivity index (χ1n) is 10.6. The molecule has 0 spiro atoms. The Balaban J connectivity index is 1.34. The molecule has 3 heterocycles. The van der Waals surface area contributed by atoms with Gasteiger partial charge in [0.1, 0.15) is 17.0 Å². The highest BCUT2D eigenvalue weighted by Gasteiger charge is 2.30. The van der Waals surface area contributed by atoms with Crippen molar-refractivity contribution in [2.75, 3.05) is 6.54 Å². The average molecular weight is 465 g/mol. The Hall–Kier alpha value is -3.72. The molecule has 33 heavy (non-hydrogen) atoms. The molecule has 1 saturated carbocycles. The summed E-state index contributed by atoms with van der Waals surface area (Å²) in [6.45, 7) is 2.10. The van der Waals surface area contributed by atoms with Crippen molar-refractivity contribution < 1.29 is 9.32 Å². The van der Waals surface area contributed by atoms with Gasteiger partial charge in [-0.2, -0.15) is 0 Å². The van der Waals surface area contributed by atoms with E-state index < -0.39 is 0 Å². The Morgan fingerprint density at radius 3 is 2.79 bits per heavy atom. The van der Waals surface area contributed by atoms with Gasteiger partial charge in [0.25, 0.3) is 5.91 Å². The first-order chi connectivity index (χ1) is 16.0. The van der Waals surface area contributed by atoms with E-state index in [1.165, 1.54) is 4.68 Å². The van der Waals surface area contributed by atoms with Crippen LogP contribution in [0.2, 0.25) is 5.02 Å². The number of amides is 1. The van der Waals surface area contributed by atoms with Crippen LogP contribution in [-0.4, -0.2) is 36.9 Å². The van der Waals surface area contributed by atoms with E-state index in [1.54, 1.807) is 42.1 Å². The van der Waals surface area contributed by atoms with Crippen LogP contribution >= 0.6 is 11.6 Å². The summed E-state index contributed by atoms with van der Waals surface area (Å²) in [7, 11) is 0. The largest absolute Gasteiger partial charge is 0.360 e. The fourth-order valence-electron chi connectivity index (χ4n) is 3.76. The molecule has 1 aliphatic rings. The summed E-state index contributed by atoms with van der Waals surface area (Å²) < 4.78 is 8.37. The van der Waals surface area contributed by atoms with Crippen LogP contribution in [0.5, 0.6) is 0 Å². The van der Waals surface area contributed by atoms with Crippen molar-refractivity contribution in [3.8, 4) is 22.6 Å². The summed E-state index contributed by atoms with van der Waals surface area (Å²) in [5, 5.41) is 11.9.